The van der Waals surface area contributed by atoms with E-state index < -0.39 is 0 Å². The Morgan fingerprint density at radius 2 is 1.96 bits per heavy atom. The van der Waals surface area contributed by atoms with E-state index in [-0.39, 0.29) is 17.5 Å². The SMILES string of the molecule is N#C/C(=C\c1ccc(OCc2ccncc2)cc1)C(=O)NC1CC1. The summed E-state index contributed by atoms with van der Waals surface area (Å²) in [5, 5.41) is 12.0. The van der Waals surface area contributed by atoms with E-state index >= 15 is 0 Å². The molecule has 5 heteroatoms. The first-order valence-electron chi connectivity index (χ1n) is 7.79. The van der Waals surface area contributed by atoms with Crippen molar-refractivity contribution in [2.45, 2.75) is 25.5 Å². The summed E-state index contributed by atoms with van der Waals surface area (Å²) in [4.78, 5) is 15.9. The molecule has 1 amide bonds. The number of hydrogen-bond acceptors (Lipinski definition) is 4. The molecule has 0 saturated heterocycles. The summed E-state index contributed by atoms with van der Waals surface area (Å²) in [6, 6.07) is 13.3. The molecule has 0 spiro atoms. The molecule has 1 aromatic carbocycles. The van der Waals surface area contributed by atoms with E-state index in [1.54, 1.807) is 18.5 Å². The Bertz CT molecular complexity index is 773. The lowest BCUT2D eigenvalue weighted by Crippen LogP contribution is -2.26. The minimum atomic E-state index is -0.307. The highest BCUT2D eigenvalue weighted by Gasteiger charge is 2.24. The third-order valence-electron chi connectivity index (χ3n) is 3.62. The minimum Gasteiger partial charge on any atom is -0.489 e. The van der Waals surface area contributed by atoms with E-state index in [9.17, 15) is 4.79 Å². The zero-order valence-electron chi connectivity index (χ0n) is 13.1. The number of ether oxygens (including phenoxy) is 1. The Hall–Kier alpha value is -3.13. The number of pyridine rings is 1. The molecule has 0 bridgehead atoms. The van der Waals surface area contributed by atoms with Crippen LogP contribution in [0.25, 0.3) is 6.08 Å². The third kappa shape index (κ3) is 4.43. The smallest absolute Gasteiger partial charge is 0.262 e. The van der Waals surface area contributed by atoms with E-state index in [0.717, 1.165) is 29.7 Å². The molecule has 0 radical (unpaired) electrons. The maximum absolute atomic E-state index is 11.9. The molecular weight excluding hydrogens is 302 g/mol. The van der Waals surface area contributed by atoms with Gasteiger partial charge in [0, 0.05) is 18.4 Å². The Morgan fingerprint density at radius 1 is 1.25 bits per heavy atom. The summed E-state index contributed by atoms with van der Waals surface area (Å²) in [6.07, 6.45) is 7.03. The third-order valence-corrected chi connectivity index (χ3v) is 3.62. The van der Waals surface area contributed by atoms with E-state index in [4.69, 9.17) is 10.00 Å². The number of aromatic nitrogens is 1. The first-order chi connectivity index (χ1) is 11.7. The van der Waals surface area contributed by atoms with Crippen LogP contribution < -0.4 is 10.1 Å². The maximum Gasteiger partial charge on any atom is 0.262 e. The first-order valence-corrected chi connectivity index (χ1v) is 7.79. The van der Waals surface area contributed by atoms with Crippen LogP contribution in [-0.4, -0.2) is 16.9 Å². The zero-order valence-corrected chi connectivity index (χ0v) is 13.1. The molecule has 1 saturated carbocycles. The molecule has 1 aliphatic rings. The first kappa shape index (κ1) is 15.8. The maximum atomic E-state index is 11.9. The van der Waals surface area contributed by atoms with Crippen molar-refractivity contribution in [2.24, 2.45) is 0 Å². The second-order valence-electron chi connectivity index (χ2n) is 5.63. The van der Waals surface area contributed by atoms with Crippen LogP contribution in [-0.2, 0) is 11.4 Å². The lowest BCUT2D eigenvalue weighted by Gasteiger charge is -2.06. The highest BCUT2D eigenvalue weighted by atomic mass is 16.5. The number of amides is 1. The highest BCUT2D eigenvalue weighted by Crippen LogP contribution is 2.20. The quantitative estimate of drug-likeness (QED) is 0.656. The lowest BCUT2D eigenvalue weighted by atomic mass is 10.1. The molecule has 1 N–H and O–H groups in total. The molecule has 0 unspecified atom stereocenters. The van der Waals surface area contributed by atoms with Gasteiger partial charge in [0.15, 0.2) is 0 Å². The van der Waals surface area contributed by atoms with Crippen molar-refractivity contribution in [3.8, 4) is 11.8 Å². The molecule has 1 fully saturated rings. The van der Waals surface area contributed by atoms with Gasteiger partial charge in [0.25, 0.3) is 5.91 Å². The molecule has 5 nitrogen and oxygen atoms in total. The fraction of sp³-hybridized carbons (Fsp3) is 0.211. The van der Waals surface area contributed by atoms with Crippen molar-refractivity contribution < 1.29 is 9.53 Å². The van der Waals surface area contributed by atoms with Gasteiger partial charge in [-0.2, -0.15) is 5.26 Å². The summed E-state index contributed by atoms with van der Waals surface area (Å²) >= 11 is 0. The molecule has 1 aromatic heterocycles. The fourth-order valence-electron chi connectivity index (χ4n) is 2.11. The number of benzene rings is 1. The molecule has 0 atom stereocenters. The lowest BCUT2D eigenvalue weighted by molar-refractivity contribution is -0.117. The molecule has 3 rings (SSSR count). The van der Waals surface area contributed by atoms with Gasteiger partial charge in [-0.25, -0.2) is 0 Å². The zero-order chi connectivity index (χ0) is 16.8. The summed E-state index contributed by atoms with van der Waals surface area (Å²) in [5.74, 6) is 0.419. The van der Waals surface area contributed by atoms with Crippen molar-refractivity contribution in [2.75, 3.05) is 0 Å². The Labute approximate surface area is 140 Å². The van der Waals surface area contributed by atoms with Crippen LogP contribution in [0.3, 0.4) is 0 Å². The van der Waals surface area contributed by atoms with Crippen LogP contribution in [0.2, 0.25) is 0 Å². The van der Waals surface area contributed by atoms with Crippen LogP contribution in [0.4, 0.5) is 0 Å². The van der Waals surface area contributed by atoms with E-state index in [2.05, 4.69) is 10.3 Å². The predicted molar refractivity (Wildman–Crippen MR) is 89.8 cm³/mol. The summed E-state index contributed by atoms with van der Waals surface area (Å²) < 4.78 is 5.69. The van der Waals surface area contributed by atoms with E-state index in [1.165, 1.54) is 0 Å². The van der Waals surface area contributed by atoms with E-state index in [1.807, 2.05) is 42.5 Å². The normalized spacial score (nSPS) is 13.9. The molecule has 0 aliphatic heterocycles. The van der Waals surface area contributed by atoms with Crippen molar-refractivity contribution in [1.82, 2.24) is 10.3 Å². The molecular formula is C19H17N3O2. The number of hydrogen-bond donors (Lipinski definition) is 1. The predicted octanol–water partition coefficient (Wildman–Crippen LogP) is 2.85. The average Bonchev–Trinajstić information content (AvgIpc) is 3.43. The molecule has 2 aromatic rings. The number of carbonyl (C=O) groups is 1. The number of rotatable bonds is 6. The second kappa shape index (κ2) is 7.42. The topological polar surface area (TPSA) is 75.0 Å². The number of nitriles is 1. The van der Waals surface area contributed by atoms with Crippen molar-refractivity contribution in [3.05, 3.63) is 65.5 Å². The van der Waals surface area contributed by atoms with Gasteiger partial charge in [-0.05, 0) is 54.3 Å². The Balaban J connectivity index is 1.61. The van der Waals surface area contributed by atoms with Crippen LogP contribution in [0.15, 0.2) is 54.4 Å². The van der Waals surface area contributed by atoms with Crippen LogP contribution >= 0.6 is 0 Å². The monoisotopic (exact) mass is 319 g/mol. The van der Waals surface area contributed by atoms with Crippen LogP contribution in [0, 0.1) is 11.3 Å². The average molecular weight is 319 g/mol. The molecule has 120 valence electrons. The van der Waals surface area contributed by atoms with Gasteiger partial charge in [0.1, 0.15) is 24.0 Å². The standard InChI is InChI=1S/C19H17N3O2/c20-12-16(19(23)22-17-3-4-17)11-14-1-5-18(6-2-14)24-13-15-7-9-21-10-8-15/h1-2,5-11,17H,3-4,13H2,(H,22,23)/b16-11+. The van der Waals surface area contributed by atoms with Crippen LogP contribution in [0.1, 0.15) is 24.0 Å². The van der Waals surface area contributed by atoms with Crippen LogP contribution in [0.5, 0.6) is 5.75 Å². The summed E-state index contributed by atoms with van der Waals surface area (Å²) in [7, 11) is 0. The van der Waals surface area contributed by atoms with Gasteiger partial charge in [0.2, 0.25) is 0 Å². The Kier molecular flexibility index (Phi) is 4.87. The number of nitrogens with zero attached hydrogens (tertiary/aromatic N) is 2. The second-order valence-corrected chi connectivity index (χ2v) is 5.63. The largest absolute Gasteiger partial charge is 0.489 e. The summed E-state index contributed by atoms with van der Waals surface area (Å²) in [5.41, 5.74) is 1.94. The van der Waals surface area contributed by atoms with Gasteiger partial charge >= 0.3 is 0 Å². The molecule has 1 heterocycles. The number of carbonyl (C=O) groups excluding carboxylic acids is 1. The van der Waals surface area contributed by atoms with Gasteiger partial charge in [-0.15, -0.1) is 0 Å². The fourth-order valence-corrected chi connectivity index (χ4v) is 2.11. The van der Waals surface area contributed by atoms with Crippen molar-refractivity contribution in [3.63, 3.8) is 0 Å². The number of nitrogens with one attached hydrogen (secondary N) is 1. The van der Waals surface area contributed by atoms with Gasteiger partial charge in [0.05, 0.1) is 0 Å². The van der Waals surface area contributed by atoms with E-state index in [0.29, 0.717) is 6.61 Å². The Morgan fingerprint density at radius 3 is 2.58 bits per heavy atom. The van der Waals surface area contributed by atoms with Crippen molar-refractivity contribution >= 4 is 12.0 Å². The molecule has 1 aliphatic carbocycles. The molecule has 24 heavy (non-hydrogen) atoms. The van der Waals surface area contributed by atoms with Gasteiger partial charge in [-0.3, -0.25) is 9.78 Å². The highest BCUT2D eigenvalue weighted by molar-refractivity contribution is 6.01. The summed E-state index contributed by atoms with van der Waals surface area (Å²) in [6.45, 7) is 0.463. The van der Waals surface area contributed by atoms with Gasteiger partial charge < -0.3 is 10.1 Å². The minimum absolute atomic E-state index is 0.118. The van der Waals surface area contributed by atoms with Crippen molar-refractivity contribution in [1.29, 1.82) is 5.26 Å². The van der Waals surface area contributed by atoms with Gasteiger partial charge in [-0.1, -0.05) is 12.1 Å².